The molecule has 1 unspecified atom stereocenters. The van der Waals surface area contributed by atoms with Crippen LogP contribution in [0.15, 0.2) is 23.3 Å². The van der Waals surface area contributed by atoms with Crippen LogP contribution in [0.25, 0.3) is 0 Å². The molecule has 1 aromatic heterocycles. The Bertz CT molecular complexity index is 717. The molecule has 1 aromatic rings. The molecule has 30 heavy (non-hydrogen) atoms. The second-order valence-electron chi connectivity index (χ2n) is 7.61. The molecule has 1 amide bonds. The van der Waals surface area contributed by atoms with Crippen molar-refractivity contribution in [1.82, 2.24) is 25.0 Å². The van der Waals surface area contributed by atoms with E-state index in [-0.39, 0.29) is 11.9 Å². The number of hydrogen-bond donors (Lipinski definition) is 1. The van der Waals surface area contributed by atoms with E-state index in [4.69, 9.17) is 21.3 Å². The maximum absolute atomic E-state index is 12.7. The fraction of sp³-hybridized carbons (Fsp3) is 0.667. The minimum atomic E-state index is -0.0544. The molecule has 1 N–H and O–H groups in total. The first-order valence-corrected chi connectivity index (χ1v) is 11.3. The van der Waals surface area contributed by atoms with Crippen LogP contribution in [0.2, 0.25) is 5.02 Å². The number of nitrogens with one attached hydrogen (secondary N) is 1. The first-order valence-electron chi connectivity index (χ1n) is 10.9. The number of guanidine groups is 1. The first kappa shape index (κ1) is 22.6. The lowest BCUT2D eigenvalue weighted by Gasteiger charge is -2.39. The minimum Gasteiger partial charge on any atom is -0.475 e. The minimum absolute atomic E-state index is 0.0544. The molecule has 166 valence electrons. The van der Waals surface area contributed by atoms with Crippen molar-refractivity contribution in [3.05, 3.63) is 23.4 Å². The summed E-state index contributed by atoms with van der Waals surface area (Å²) in [4.78, 5) is 28.0. The first-order chi connectivity index (χ1) is 14.6. The zero-order chi connectivity index (χ0) is 21.3. The number of aromatic nitrogens is 1. The van der Waals surface area contributed by atoms with E-state index >= 15 is 0 Å². The fourth-order valence-corrected chi connectivity index (χ4v) is 4.05. The quantitative estimate of drug-likeness (QED) is 0.398. The number of halogens is 1. The summed E-state index contributed by atoms with van der Waals surface area (Å²) < 4.78 is 5.63. The normalized spacial score (nSPS) is 19.1. The molecule has 9 heteroatoms. The van der Waals surface area contributed by atoms with Gasteiger partial charge in [-0.05, 0) is 38.8 Å². The predicted molar refractivity (Wildman–Crippen MR) is 119 cm³/mol. The van der Waals surface area contributed by atoms with Crippen molar-refractivity contribution < 1.29 is 9.53 Å². The van der Waals surface area contributed by atoms with Crippen molar-refractivity contribution in [2.24, 2.45) is 4.99 Å². The molecular weight excluding hydrogens is 404 g/mol. The van der Waals surface area contributed by atoms with Crippen molar-refractivity contribution in [3.8, 4) is 5.88 Å². The van der Waals surface area contributed by atoms with E-state index in [1.54, 1.807) is 18.3 Å². The molecule has 0 aliphatic carbocycles. The van der Waals surface area contributed by atoms with Crippen molar-refractivity contribution in [2.75, 3.05) is 59.0 Å². The number of piperazine rings is 1. The molecular formula is C21H33ClN6O2. The number of pyridine rings is 1. The molecule has 0 spiro atoms. The summed E-state index contributed by atoms with van der Waals surface area (Å²) in [6.45, 7) is 11.0. The van der Waals surface area contributed by atoms with Crippen LogP contribution in [0.4, 0.5) is 0 Å². The second-order valence-corrected chi connectivity index (χ2v) is 8.01. The van der Waals surface area contributed by atoms with Gasteiger partial charge < -0.3 is 19.9 Å². The van der Waals surface area contributed by atoms with Gasteiger partial charge in [0.2, 0.25) is 11.8 Å². The van der Waals surface area contributed by atoms with Gasteiger partial charge in [0.05, 0.1) is 12.6 Å². The van der Waals surface area contributed by atoms with E-state index in [1.807, 2.05) is 11.8 Å². The highest BCUT2D eigenvalue weighted by Crippen LogP contribution is 2.19. The number of aliphatic imine (C=N–C) groups is 1. The van der Waals surface area contributed by atoms with Gasteiger partial charge in [-0.25, -0.2) is 9.98 Å². The number of rotatable bonds is 7. The molecule has 2 aliphatic heterocycles. The van der Waals surface area contributed by atoms with E-state index in [0.717, 1.165) is 64.6 Å². The van der Waals surface area contributed by atoms with Crippen LogP contribution in [0.3, 0.4) is 0 Å². The van der Waals surface area contributed by atoms with E-state index in [1.165, 1.54) is 0 Å². The number of likely N-dealkylation sites (tertiary alicyclic amines) is 1. The summed E-state index contributed by atoms with van der Waals surface area (Å²) in [5.41, 5.74) is 0. The summed E-state index contributed by atoms with van der Waals surface area (Å²) in [5.74, 6) is 1.59. The van der Waals surface area contributed by atoms with Gasteiger partial charge >= 0.3 is 0 Å². The van der Waals surface area contributed by atoms with E-state index < -0.39 is 0 Å². The van der Waals surface area contributed by atoms with Crippen LogP contribution < -0.4 is 10.1 Å². The highest BCUT2D eigenvalue weighted by Gasteiger charge is 2.30. The molecule has 1 atom stereocenters. The molecule has 8 nitrogen and oxygen atoms in total. The third-order valence-electron chi connectivity index (χ3n) is 5.59. The average molecular weight is 437 g/mol. The molecule has 0 bridgehead atoms. The molecule has 3 heterocycles. The Balaban J connectivity index is 1.47. The second kappa shape index (κ2) is 11.4. The predicted octanol–water partition coefficient (Wildman–Crippen LogP) is 1.71. The molecule has 2 fully saturated rings. The Labute approximate surface area is 184 Å². The zero-order valence-corrected chi connectivity index (χ0v) is 18.8. The van der Waals surface area contributed by atoms with Gasteiger partial charge in [-0.1, -0.05) is 11.6 Å². The lowest BCUT2D eigenvalue weighted by Crippen LogP contribution is -2.57. The summed E-state index contributed by atoms with van der Waals surface area (Å²) in [6.07, 6.45) is 3.92. The molecule has 0 radical (unpaired) electrons. The van der Waals surface area contributed by atoms with Crippen molar-refractivity contribution in [2.45, 2.75) is 32.7 Å². The summed E-state index contributed by atoms with van der Waals surface area (Å²) >= 11 is 6.06. The third kappa shape index (κ3) is 5.98. The maximum atomic E-state index is 12.7. The van der Waals surface area contributed by atoms with Crippen LogP contribution in [-0.2, 0) is 4.79 Å². The maximum Gasteiger partial charge on any atom is 0.239 e. The van der Waals surface area contributed by atoms with E-state index in [0.29, 0.717) is 24.1 Å². The SMILES string of the molecule is CCNC(=NCCOc1ncccc1Cl)N1CCN(C(C)C(=O)N2CCCC2)CC1. The van der Waals surface area contributed by atoms with E-state index in [9.17, 15) is 4.79 Å². The van der Waals surface area contributed by atoms with Gasteiger partial charge in [-0.3, -0.25) is 9.69 Å². The topological polar surface area (TPSA) is 73.3 Å². The largest absolute Gasteiger partial charge is 0.475 e. The number of carbonyl (C=O) groups is 1. The Morgan fingerprint density at radius 1 is 1.23 bits per heavy atom. The van der Waals surface area contributed by atoms with Crippen LogP contribution >= 0.6 is 11.6 Å². The number of nitrogens with zero attached hydrogens (tertiary/aromatic N) is 5. The van der Waals surface area contributed by atoms with Crippen LogP contribution in [0.1, 0.15) is 26.7 Å². The van der Waals surface area contributed by atoms with Gasteiger partial charge in [0.1, 0.15) is 11.6 Å². The van der Waals surface area contributed by atoms with Gasteiger partial charge in [-0.15, -0.1) is 0 Å². The Hall–Kier alpha value is -2.06. The van der Waals surface area contributed by atoms with Crippen molar-refractivity contribution >= 4 is 23.5 Å². The molecule has 3 rings (SSSR count). The van der Waals surface area contributed by atoms with Gasteiger partial charge in [-0.2, -0.15) is 0 Å². The standard InChI is InChI=1S/C21H33ClN6O2/c1-3-23-21(25-9-16-30-19-18(22)7-6-8-24-19)28-14-12-26(13-15-28)17(2)20(29)27-10-4-5-11-27/h6-8,17H,3-5,9-16H2,1-2H3,(H,23,25). The highest BCUT2D eigenvalue weighted by atomic mass is 35.5. The summed E-state index contributed by atoms with van der Waals surface area (Å²) in [6, 6.07) is 3.48. The van der Waals surface area contributed by atoms with Crippen LogP contribution in [0.5, 0.6) is 5.88 Å². The van der Waals surface area contributed by atoms with Gasteiger partial charge in [0.15, 0.2) is 5.96 Å². The number of ether oxygens (including phenoxy) is 1. The Kier molecular flexibility index (Phi) is 8.57. The third-order valence-corrected chi connectivity index (χ3v) is 5.88. The average Bonchev–Trinajstić information content (AvgIpc) is 3.31. The molecule has 0 aromatic carbocycles. The highest BCUT2D eigenvalue weighted by molar-refractivity contribution is 6.31. The van der Waals surface area contributed by atoms with E-state index in [2.05, 4.69) is 27.0 Å². The van der Waals surface area contributed by atoms with Crippen molar-refractivity contribution in [3.63, 3.8) is 0 Å². The van der Waals surface area contributed by atoms with Gasteiger partial charge in [0, 0.05) is 52.0 Å². The smallest absolute Gasteiger partial charge is 0.239 e. The Morgan fingerprint density at radius 3 is 2.63 bits per heavy atom. The lowest BCUT2D eigenvalue weighted by molar-refractivity contribution is -0.135. The summed E-state index contributed by atoms with van der Waals surface area (Å²) in [7, 11) is 0. The summed E-state index contributed by atoms with van der Waals surface area (Å²) in [5, 5.41) is 3.86. The molecule has 2 aliphatic rings. The van der Waals surface area contributed by atoms with Crippen molar-refractivity contribution in [1.29, 1.82) is 0 Å². The Morgan fingerprint density at radius 2 is 1.97 bits per heavy atom. The lowest BCUT2D eigenvalue weighted by atomic mass is 10.2. The van der Waals surface area contributed by atoms with Gasteiger partial charge in [0.25, 0.3) is 0 Å². The monoisotopic (exact) mass is 436 g/mol. The number of hydrogen-bond acceptors (Lipinski definition) is 5. The zero-order valence-electron chi connectivity index (χ0n) is 18.0. The fourth-order valence-electron chi connectivity index (χ4n) is 3.88. The van der Waals surface area contributed by atoms with Crippen LogP contribution in [0, 0.1) is 0 Å². The molecule has 0 saturated carbocycles. The molecule has 2 saturated heterocycles. The number of amides is 1. The number of carbonyl (C=O) groups excluding carboxylic acids is 1. The van der Waals surface area contributed by atoms with Crippen LogP contribution in [-0.4, -0.2) is 96.6 Å².